The molecule has 4 aliphatic rings. The quantitative estimate of drug-likeness (QED) is 0.0529. The fourth-order valence-electron chi connectivity index (χ4n) is 7.64. The number of hydrogen-bond donors (Lipinski definition) is 12. The first kappa shape index (κ1) is 51.5. The van der Waals surface area contributed by atoms with Gasteiger partial charge in [0.1, 0.15) is 79.4 Å². The molecule has 66 heavy (non-hydrogen) atoms. The van der Waals surface area contributed by atoms with Gasteiger partial charge in [-0.2, -0.15) is 0 Å². The minimum atomic E-state index is -1.93. The average Bonchev–Trinajstić information content (AvgIpc) is 3.30. The van der Waals surface area contributed by atoms with Crippen LogP contribution in [0.15, 0.2) is 42.5 Å². The molecule has 4 saturated heterocycles. The summed E-state index contributed by atoms with van der Waals surface area (Å²) in [5.74, 6) is -1.12. The second kappa shape index (κ2) is 23.0. The van der Waals surface area contributed by atoms with Gasteiger partial charge in [-0.05, 0) is 54.8 Å². The molecule has 2 aromatic carbocycles. The molecule has 19 atom stereocenters. The van der Waals surface area contributed by atoms with E-state index in [1.54, 1.807) is 6.07 Å². The van der Waals surface area contributed by atoms with Crippen molar-refractivity contribution >= 4 is 12.0 Å². The molecular weight excluding hydrogens is 888 g/mol. The van der Waals surface area contributed by atoms with Gasteiger partial charge < -0.3 is 113 Å². The van der Waals surface area contributed by atoms with Crippen molar-refractivity contribution in [2.75, 3.05) is 40.6 Å². The average molecular weight is 947 g/mol. The number of hydrogen-bond acceptors (Lipinski definition) is 24. The molecule has 12 N–H and O–H groups in total. The number of methoxy groups -OCH3 is 2. The van der Waals surface area contributed by atoms with E-state index >= 15 is 0 Å². The standard InChI is InChI=1S/C42H58O24/c1-17-28(48)32(52)38(66-40-33(53)29(49)22(46)15-59-40)42(61-17)65-37-35(55)41(58-11-10-19-5-8-23(56-2)21(45)12-19)63-26(16-60-39-34(54)31(51)30(50)25(14-43)62-39)36(37)64-27(47)9-6-18-4-7-20(44)24(13-18)57-3/h4-9,12-13,17,22,25-26,28-46,48-55H,10-11,14-16H2,1-3H3/b9-6+/t17-,22+,25+,26+,28-,29+,30+,31-,32+,33-,34+,35+,36+,37+,38+,39+,40-,41+,42-/m0/s1. The summed E-state index contributed by atoms with van der Waals surface area (Å²) >= 11 is 0. The largest absolute Gasteiger partial charge is 0.504 e. The van der Waals surface area contributed by atoms with Crippen molar-refractivity contribution in [3.8, 4) is 23.0 Å². The Morgan fingerprint density at radius 2 is 1.35 bits per heavy atom. The molecule has 24 heteroatoms. The minimum absolute atomic E-state index is 0.0886. The van der Waals surface area contributed by atoms with Crippen LogP contribution in [0.3, 0.4) is 0 Å². The number of carbonyl (C=O) groups excluding carboxylic acids is 1. The van der Waals surface area contributed by atoms with Crippen LogP contribution in [0.5, 0.6) is 23.0 Å². The minimum Gasteiger partial charge on any atom is -0.504 e. The van der Waals surface area contributed by atoms with Crippen molar-refractivity contribution in [3.05, 3.63) is 53.6 Å². The van der Waals surface area contributed by atoms with Crippen molar-refractivity contribution in [1.29, 1.82) is 0 Å². The number of aliphatic hydroxyl groups excluding tert-OH is 10. The summed E-state index contributed by atoms with van der Waals surface area (Å²) in [7, 11) is 2.70. The summed E-state index contributed by atoms with van der Waals surface area (Å²) in [5.41, 5.74) is 0.943. The molecule has 0 unspecified atom stereocenters. The van der Waals surface area contributed by atoms with Crippen LogP contribution in [-0.4, -0.2) is 225 Å². The molecule has 0 radical (unpaired) electrons. The van der Waals surface area contributed by atoms with Gasteiger partial charge in [-0.25, -0.2) is 4.79 Å². The lowest BCUT2D eigenvalue weighted by Crippen LogP contribution is -2.66. The maximum absolute atomic E-state index is 13.7. The molecule has 0 bridgehead atoms. The van der Waals surface area contributed by atoms with Gasteiger partial charge in [0.05, 0.1) is 46.8 Å². The van der Waals surface area contributed by atoms with Gasteiger partial charge in [0.2, 0.25) is 0 Å². The smallest absolute Gasteiger partial charge is 0.331 e. The van der Waals surface area contributed by atoms with Crippen LogP contribution in [-0.2, 0) is 53.8 Å². The third-order valence-electron chi connectivity index (χ3n) is 11.5. The molecule has 6 rings (SSSR count). The third kappa shape index (κ3) is 11.9. The molecule has 4 aliphatic heterocycles. The van der Waals surface area contributed by atoms with E-state index in [9.17, 15) is 66.1 Å². The Morgan fingerprint density at radius 3 is 2.05 bits per heavy atom. The van der Waals surface area contributed by atoms with Crippen molar-refractivity contribution in [3.63, 3.8) is 0 Å². The zero-order valence-corrected chi connectivity index (χ0v) is 35.9. The van der Waals surface area contributed by atoms with Crippen LogP contribution in [0.25, 0.3) is 6.08 Å². The van der Waals surface area contributed by atoms with Crippen LogP contribution in [0.1, 0.15) is 18.1 Å². The fraction of sp³-hybridized carbons (Fsp3) is 0.643. The Morgan fingerprint density at radius 1 is 0.667 bits per heavy atom. The summed E-state index contributed by atoms with van der Waals surface area (Å²) < 4.78 is 63.0. The number of ether oxygens (including phenoxy) is 11. The van der Waals surface area contributed by atoms with E-state index in [2.05, 4.69) is 0 Å². The van der Waals surface area contributed by atoms with Gasteiger partial charge in [-0.15, -0.1) is 0 Å². The molecule has 2 aromatic rings. The summed E-state index contributed by atoms with van der Waals surface area (Å²) in [5, 5.41) is 127. The number of benzene rings is 2. The number of esters is 1. The third-order valence-corrected chi connectivity index (χ3v) is 11.5. The van der Waals surface area contributed by atoms with Gasteiger partial charge in [-0.3, -0.25) is 0 Å². The van der Waals surface area contributed by atoms with Gasteiger partial charge >= 0.3 is 5.97 Å². The number of aromatic hydroxyl groups is 2. The van der Waals surface area contributed by atoms with E-state index < -0.39 is 143 Å². The molecule has 0 amide bonds. The molecule has 0 aliphatic carbocycles. The van der Waals surface area contributed by atoms with Crippen LogP contribution >= 0.6 is 0 Å². The first-order valence-electron chi connectivity index (χ1n) is 20.9. The van der Waals surface area contributed by atoms with E-state index in [4.69, 9.17) is 52.1 Å². The molecule has 24 nitrogen and oxygen atoms in total. The van der Waals surface area contributed by atoms with E-state index in [-0.39, 0.29) is 36.0 Å². The summed E-state index contributed by atoms with van der Waals surface area (Å²) in [6.07, 6.45) is -30.1. The Balaban J connectivity index is 1.33. The SMILES string of the molecule is COc1ccc(CCO[C@@H]2O[C@H](CO[C@@H]3O[C@H](CO)[C@@H](O)[C@H](O)[C@H]3O)[C@@H](OC(=O)/C=C/c3ccc(O)c(OC)c3)[C@H](O[C@@H]3O[C@@H](C)[C@H](O)[C@@H](O)[C@H]3O[C@@H]3OC[C@@H](O)[C@@H](O)[C@@H]3O)[C@H]2O)cc1O. The van der Waals surface area contributed by atoms with Crippen molar-refractivity contribution in [1.82, 2.24) is 0 Å². The Kier molecular flexibility index (Phi) is 17.9. The first-order valence-corrected chi connectivity index (χ1v) is 20.9. The summed E-state index contributed by atoms with van der Waals surface area (Å²) in [4.78, 5) is 13.7. The topological polar surface area (TPSA) is 361 Å². The second-order valence-electron chi connectivity index (χ2n) is 16.0. The van der Waals surface area contributed by atoms with Gasteiger partial charge in [0.15, 0.2) is 54.3 Å². The maximum atomic E-state index is 13.7. The predicted molar refractivity (Wildman–Crippen MR) is 216 cm³/mol. The number of phenolic OH excluding ortho intramolecular Hbond substituents is 2. The number of aliphatic hydroxyl groups is 10. The molecule has 0 spiro atoms. The first-order chi connectivity index (χ1) is 31.4. The van der Waals surface area contributed by atoms with E-state index in [1.807, 2.05) is 0 Å². The maximum Gasteiger partial charge on any atom is 0.331 e. The van der Waals surface area contributed by atoms with Crippen molar-refractivity contribution in [2.45, 2.75) is 130 Å². The molecule has 4 fully saturated rings. The van der Waals surface area contributed by atoms with Crippen LogP contribution < -0.4 is 9.47 Å². The zero-order valence-electron chi connectivity index (χ0n) is 35.9. The Hall–Kier alpha value is -3.87. The highest BCUT2D eigenvalue weighted by molar-refractivity contribution is 5.87. The molecule has 0 saturated carbocycles. The highest BCUT2D eigenvalue weighted by atomic mass is 16.8. The Bertz CT molecular complexity index is 1900. The van der Waals surface area contributed by atoms with Gasteiger partial charge in [0.25, 0.3) is 0 Å². The van der Waals surface area contributed by atoms with Crippen LogP contribution in [0.4, 0.5) is 0 Å². The summed E-state index contributed by atoms with van der Waals surface area (Å²) in [6, 6.07) is 8.79. The highest BCUT2D eigenvalue weighted by Crippen LogP contribution is 2.35. The normalized spacial score (nSPS) is 38.5. The van der Waals surface area contributed by atoms with E-state index in [0.717, 1.165) is 6.08 Å². The molecular formula is C42H58O24. The lowest BCUT2D eigenvalue weighted by Gasteiger charge is -2.48. The van der Waals surface area contributed by atoms with E-state index in [0.29, 0.717) is 11.1 Å². The van der Waals surface area contributed by atoms with Crippen molar-refractivity contribution in [2.24, 2.45) is 0 Å². The van der Waals surface area contributed by atoms with E-state index in [1.165, 1.54) is 57.6 Å². The number of rotatable bonds is 17. The highest BCUT2D eigenvalue weighted by Gasteiger charge is 2.55. The lowest BCUT2D eigenvalue weighted by atomic mass is 9.96. The van der Waals surface area contributed by atoms with Gasteiger partial charge in [0, 0.05) is 6.08 Å². The second-order valence-corrected chi connectivity index (χ2v) is 16.0. The number of phenols is 2. The van der Waals surface area contributed by atoms with Crippen LogP contribution in [0.2, 0.25) is 0 Å². The zero-order chi connectivity index (χ0) is 48.0. The molecule has 0 aromatic heterocycles. The molecule has 4 heterocycles. The predicted octanol–water partition coefficient (Wildman–Crippen LogP) is -4.12. The Labute approximate surface area is 377 Å². The monoisotopic (exact) mass is 946 g/mol. The fourth-order valence-corrected chi connectivity index (χ4v) is 7.64. The molecule has 370 valence electrons. The number of carbonyl (C=O) groups is 1. The lowest BCUT2D eigenvalue weighted by molar-refractivity contribution is -0.383. The summed E-state index contributed by atoms with van der Waals surface area (Å²) in [6.45, 7) is -0.844. The van der Waals surface area contributed by atoms with Crippen LogP contribution in [0, 0.1) is 0 Å². The van der Waals surface area contributed by atoms with Gasteiger partial charge in [-0.1, -0.05) is 12.1 Å². The van der Waals surface area contributed by atoms with Crippen molar-refractivity contribution < 1.29 is 118 Å².